The van der Waals surface area contributed by atoms with E-state index in [0.29, 0.717) is 13.0 Å². The Kier molecular flexibility index (Phi) is 8.06. The highest BCUT2D eigenvalue weighted by atomic mass is 79.9. The monoisotopic (exact) mass is 463 g/mol. The number of halogens is 1. The van der Waals surface area contributed by atoms with Crippen LogP contribution in [0.15, 0.2) is 46.3 Å². The lowest BCUT2D eigenvalue weighted by molar-refractivity contribution is -0.122. The summed E-state index contributed by atoms with van der Waals surface area (Å²) in [5, 5.41) is 6.07. The Balaban J connectivity index is 1.30. The summed E-state index contributed by atoms with van der Waals surface area (Å²) < 4.78 is 1.14. The molecule has 0 spiro atoms. The van der Waals surface area contributed by atoms with Crippen LogP contribution in [0.4, 0.5) is 5.69 Å². The van der Waals surface area contributed by atoms with Crippen LogP contribution < -0.4 is 10.6 Å². The summed E-state index contributed by atoms with van der Waals surface area (Å²) in [5.74, 6) is 0.143. The van der Waals surface area contributed by atoms with Gasteiger partial charge in [0.15, 0.2) is 0 Å². The molecule has 1 saturated heterocycles. The van der Waals surface area contributed by atoms with Crippen LogP contribution in [0.3, 0.4) is 0 Å². The average Bonchev–Trinajstić information content (AvgIpc) is 3.09. The first-order valence-electron chi connectivity index (χ1n) is 9.69. The number of carbonyl (C=O) groups excluding carboxylic acids is 2. The number of benzene rings is 1. The molecule has 1 aromatic carbocycles. The van der Waals surface area contributed by atoms with Crippen molar-refractivity contribution in [2.24, 2.45) is 0 Å². The van der Waals surface area contributed by atoms with Crippen LogP contribution in [0.25, 0.3) is 0 Å². The van der Waals surface area contributed by atoms with Crippen LogP contribution in [0, 0.1) is 0 Å². The van der Waals surface area contributed by atoms with Crippen molar-refractivity contribution in [1.82, 2.24) is 10.2 Å². The Bertz CT molecular complexity index is 773. The Morgan fingerprint density at radius 1 is 1.07 bits per heavy atom. The van der Waals surface area contributed by atoms with Crippen LogP contribution in [0.2, 0.25) is 0 Å². The number of piperidine rings is 1. The van der Waals surface area contributed by atoms with Gasteiger partial charge in [-0.15, -0.1) is 11.3 Å². The van der Waals surface area contributed by atoms with Crippen LogP contribution >= 0.6 is 27.3 Å². The molecule has 0 radical (unpaired) electrons. The molecule has 1 aromatic heterocycles. The Labute approximate surface area is 178 Å². The summed E-state index contributed by atoms with van der Waals surface area (Å²) in [7, 11) is 0. The number of amides is 2. The fraction of sp³-hybridized carbons (Fsp3) is 0.429. The molecule has 1 aliphatic rings. The zero-order chi connectivity index (χ0) is 19.8. The number of thiophene rings is 1. The molecule has 1 aliphatic heterocycles. The smallest absolute Gasteiger partial charge is 0.238 e. The number of carbonyl (C=O) groups is 2. The van der Waals surface area contributed by atoms with Gasteiger partial charge in [-0.25, -0.2) is 0 Å². The minimum Gasteiger partial charge on any atom is -0.353 e. The molecule has 0 aliphatic carbocycles. The van der Waals surface area contributed by atoms with Crippen molar-refractivity contribution >= 4 is 44.8 Å². The number of rotatable bonds is 8. The molecule has 0 saturated carbocycles. The van der Waals surface area contributed by atoms with Crippen LogP contribution in [0.5, 0.6) is 0 Å². The van der Waals surface area contributed by atoms with Gasteiger partial charge < -0.3 is 10.6 Å². The quantitative estimate of drug-likeness (QED) is 0.620. The van der Waals surface area contributed by atoms with Gasteiger partial charge in [0, 0.05) is 36.1 Å². The van der Waals surface area contributed by atoms with E-state index in [1.54, 1.807) is 11.3 Å². The highest BCUT2D eigenvalue weighted by molar-refractivity contribution is 9.11. The summed E-state index contributed by atoms with van der Waals surface area (Å²) in [5.41, 5.74) is 0.824. The highest BCUT2D eigenvalue weighted by Crippen LogP contribution is 2.23. The Morgan fingerprint density at radius 2 is 1.82 bits per heavy atom. The van der Waals surface area contributed by atoms with E-state index in [1.807, 2.05) is 36.4 Å². The first-order valence-corrected chi connectivity index (χ1v) is 11.3. The number of nitrogens with one attached hydrogen (secondary N) is 2. The molecule has 7 heteroatoms. The second kappa shape index (κ2) is 10.7. The maximum atomic E-state index is 12.2. The molecule has 0 bridgehead atoms. The van der Waals surface area contributed by atoms with Gasteiger partial charge in [0.25, 0.3) is 0 Å². The van der Waals surface area contributed by atoms with Crippen LogP contribution in [-0.2, 0) is 16.0 Å². The Morgan fingerprint density at radius 3 is 2.50 bits per heavy atom. The van der Waals surface area contributed by atoms with E-state index in [9.17, 15) is 9.59 Å². The predicted octanol–water partition coefficient (Wildman–Crippen LogP) is 4.05. The third kappa shape index (κ3) is 7.04. The molecule has 2 amide bonds. The molecule has 1 fully saturated rings. The normalized spacial score (nSPS) is 15.3. The molecule has 0 unspecified atom stereocenters. The van der Waals surface area contributed by atoms with Gasteiger partial charge in [-0.2, -0.15) is 0 Å². The van der Waals surface area contributed by atoms with E-state index in [1.165, 1.54) is 4.88 Å². The lowest BCUT2D eigenvalue weighted by Gasteiger charge is -2.31. The lowest BCUT2D eigenvalue weighted by atomic mass is 10.0. The number of hydrogen-bond donors (Lipinski definition) is 2. The van der Waals surface area contributed by atoms with Crippen molar-refractivity contribution in [2.75, 3.05) is 25.0 Å². The summed E-state index contributed by atoms with van der Waals surface area (Å²) in [4.78, 5) is 27.8. The maximum absolute atomic E-state index is 12.2. The predicted molar refractivity (Wildman–Crippen MR) is 118 cm³/mol. The van der Waals surface area contributed by atoms with E-state index >= 15 is 0 Å². The lowest BCUT2D eigenvalue weighted by Crippen LogP contribution is -2.46. The van der Waals surface area contributed by atoms with Gasteiger partial charge in [-0.3, -0.25) is 14.5 Å². The highest BCUT2D eigenvalue weighted by Gasteiger charge is 2.22. The molecule has 0 atom stereocenters. The minimum absolute atomic E-state index is 0.00824. The maximum Gasteiger partial charge on any atom is 0.238 e. The zero-order valence-corrected chi connectivity index (χ0v) is 18.2. The fourth-order valence-electron chi connectivity index (χ4n) is 3.37. The van der Waals surface area contributed by atoms with Gasteiger partial charge in [0.2, 0.25) is 11.8 Å². The van der Waals surface area contributed by atoms with E-state index in [2.05, 4.69) is 37.5 Å². The summed E-state index contributed by atoms with van der Waals surface area (Å²) in [6.07, 6.45) is 4.16. The number of anilines is 1. The van der Waals surface area contributed by atoms with Crippen molar-refractivity contribution < 1.29 is 9.59 Å². The van der Waals surface area contributed by atoms with Gasteiger partial charge in [-0.05, 0) is 65.9 Å². The molecule has 5 nitrogen and oxygen atoms in total. The number of likely N-dealkylation sites (tertiary alicyclic amines) is 1. The Hall–Kier alpha value is -1.70. The molecular weight excluding hydrogens is 438 g/mol. The minimum atomic E-state index is 0.00824. The van der Waals surface area contributed by atoms with Crippen molar-refractivity contribution in [3.05, 3.63) is 51.1 Å². The molecule has 2 N–H and O–H groups in total. The molecule has 3 rings (SSSR count). The number of para-hydroxylation sites is 1. The second-order valence-corrected chi connectivity index (χ2v) is 9.64. The zero-order valence-electron chi connectivity index (χ0n) is 15.8. The molecule has 2 aromatic rings. The van der Waals surface area contributed by atoms with Crippen LogP contribution in [-0.4, -0.2) is 42.4 Å². The van der Waals surface area contributed by atoms with Gasteiger partial charge >= 0.3 is 0 Å². The largest absolute Gasteiger partial charge is 0.353 e. The molecule has 150 valence electrons. The van der Waals surface area contributed by atoms with Crippen molar-refractivity contribution in [1.29, 1.82) is 0 Å². The van der Waals surface area contributed by atoms with Crippen molar-refractivity contribution in [2.45, 2.75) is 38.1 Å². The van der Waals surface area contributed by atoms with Gasteiger partial charge in [0.05, 0.1) is 10.3 Å². The van der Waals surface area contributed by atoms with Gasteiger partial charge in [-0.1, -0.05) is 18.2 Å². The fourth-order valence-corrected chi connectivity index (χ4v) is 4.89. The first kappa shape index (κ1) is 21.0. The van der Waals surface area contributed by atoms with Crippen molar-refractivity contribution in [3.8, 4) is 0 Å². The first-order chi connectivity index (χ1) is 13.6. The van der Waals surface area contributed by atoms with Gasteiger partial charge in [0.1, 0.15) is 0 Å². The average molecular weight is 464 g/mol. The number of aryl methyl sites for hydroxylation is 1. The standard InChI is InChI=1S/C21H26BrN3O2S/c22-19-10-9-18(28-19)7-4-8-20(26)23-17-11-13-25(14-12-17)15-21(27)24-16-5-2-1-3-6-16/h1-3,5-6,9-10,17H,4,7-8,11-15H2,(H,23,26)(H,24,27). The summed E-state index contributed by atoms with van der Waals surface area (Å²) in [6.45, 7) is 2.05. The number of hydrogen-bond acceptors (Lipinski definition) is 4. The summed E-state index contributed by atoms with van der Waals surface area (Å²) in [6, 6.07) is 13.9. The second-order valence-electron chi connectivity index (χ2n) is 7.09. The third-order valence-corrected chi connectivity index (χ3v) is 6.52. The number of nitrogens with zero attached hydrogens (tertiary/aromatic N) is 1. The van der Waals surface area contributed by atoms with E-state index in [0.717, 1.165) is 48.2 Å². The SMILES string of the molecule is O=C(CN1CCC(NC(=O)CCCc2ccc(Br)s2)CC1)Nc1ccccc1. The van der Waals surface area contributed by atoms with E-state index in [-0.39, 0.29) is 17.9 Å². The molecule has 2 heterocycles. The van der Waals surface area contributed by atoms with E-state index < -0.39 is 0 Å². The molecular formula is C21H26BrN3O2S. The van der Waals surface area contributed by atoms with E-state index in [4.69, 9.17) is 0 Å². The topological polar surface area (TPSA) is 61.4 Å². The van der Waals surface area contributed by atoms with Crippen LogP contribution in [0.1, 0.15) is 30.6 Å². The van der Waals surface area contributed by atoms with Crippen molar-refractivity contribution in [3.63, 3.8) is 0 Å². The molecule has 28 heavy (non-hydrogen) atoms. The summed E-state index contributed by atoms with van der Waals surface area (Å²) >= 11 is 5.19. The third-order valence-electron chi connectivity index (χ3n) is 4.83.